The summed E-state index contributed by atoms with van der Waals surface area (Å²) in [5.74, 6) is 1.11. The Bertz CT molecular complexity index is 624. The molecule has 1 aromatic heterocycles. The summed E-state index contributed by atoms with van der Waals surface area (Å²) < 4.78 is 27.2. The monoisotopic (exact) mass is 368 g/mol. The third-order valence-electron chi connectivity index (χ3n) is 5.93. The Kier molecular flexibility index (Phi) is 6.07. The molecule has 0 bridgehead atoms. The highest BCUT2D eigenvalue weighted by Crippen LogP contribution is 2.31. The topological polar surface area (TPSA) is 68.4 Å². The summed E-state index contributed by atoms with van der Waals surface area (Å²) in [5.41, 5.74) is 1.21. The Morgan fingerprint density at radius 3 is 2.64 bits per heavy atom. The SMILES string of the molecule is CNCC1CCN(S(=O)(=O)CC2CCC(N(C)c3cc[nH]c3)CC2)C1. The molecule has 2 heterocycles. The molecule has 0 amide bonds. The molecule has 142 valence electrons. The van der Waals surface area contributed by atoms with Gasteiger partial charge in [-0.3, -0.25) is 0 Å². The molecule has 0 spiro atoms. The Balaban J connectivity index is 1.48. The zero-order valence-corrected chi connectivity index (χ0v) is 16.3. The van der Waals surface area contributed by atoms with Gasteiger partial charge in [-0.05, 0) is 63.6 Å². The van der Waals surface area contributed by atoms with Crippen molar-refractivity contribution in [2.24, 2.45) is 11.8 Å². The Morgan fingerprint density at radius 1 is 1.24 bits per heavy atom. The second-order valence-corrected chi connectivity index (χ2v) is 9.72. The molecule has 25 heavy (non-hydrogen) atoms. The lowest BCUT2D eigenvalue weighted by atomic mass is 9.86. The summed E-state index contributed by atoms with van der Waals surface area (Å²) in [4.78, 5) is 5.43. The van der Waals surface area contributed by atoms with Crippen LogP contribution in [0.15, 0.2) is 18.5 Å². The quantitative estimate of drug-likeness (QED) is 0.771. The van der Waals surface area contributed by atoms with Crippen LogP contribution >= 0.6 is 0 Å². The molecule has 2 aliphatic rings. The first-order valence-electron chi connectivity index (χ1n) is 9.47. The van der Waals surface area contributed by atoms with E-state index in [0.717, 1.165) is 38.6 Å². The van der Waals surface area contributed by atoms with Crippen molar-refractivity contribution in [1.82, 2.24) is 14.6 Å². The van der Waals surface area contributed by atoms with Crippen molar-refractivity contribution in [2.45, 2.75) is 38.1 Å². The number of nitrogens with zero attached hydrogens (tertiary/aromatic N) is 2. The van der Waals surface area contributed by atoms with Gasteiger partial charge in [0.15, 0.2) is 0 Å². The first-order chi connectivity index (χ1) is 12.0. The maximum atomic E-state index is 12.7. The van der Waals surface area contributed by atoms with Crippen LogP contribution in [0.5, 0.6) is 0 Å². The summed E-state index contributed by atoms with van der Waals surface area (Å²) in [6.45, 7) is 2.29. The fourth-order valence-corrected chi connectivity index (χ4v) is 6.31. The number of anilines is 1. The van der Waals surface area contributed by atoms with Crippen molar-refractivity contribution in [2.75, 3.05) is 44.4 Å². The summed E-state index contributed by atoms with van der Waals surface area (Å²) in [7, 11) is 0.962. The van der Waals surface area contributed by atoms with Gasteiger partial charge in [-0.15, -0.1) is 0 Å². The number of rotatable bonds is 7. The smallest absolute Gasteiger partial charge is 0.214 e. The minimum absolute atomic E-state index is 0.309. The third kappa shape index (κ3) is 4.57. The molecule has 1 atom stereocenters. The summed E-state index contributed by atoms with van der Waals surface area (Å²) in [6, 6.07) is 2.60. The minimum Gasteiger partial charge on any atom is -0.370 e. The number of hydrogen-bond acceptors (Lipinski definition) is 4. The molecule has 0 aromatic carbocycles. The van der Waals surface area contributed by atoms with Crippen molar-refractivity contribution >= 4 is 15.7 Å². The van der Waals surface area contributed by atoms with Gasteiger partial charge in [-0.25, -0.2) is 12.7 Å². The highest BCUT2D eigenvalue weighted by Gasteiger charge is 2.34. The van der Waals surface area contributed by atoms with Crippen molar-refractivity contribution in [3.05, 3.63) is 18.5 Å². The average Bonchev–Trinajstić information content (AvgIpc) is 3.27. The molecule has 1 aromatic rings. The van der Waals surface area contributed by atoms with E-state index < -0.39 is 10.0 Å². The van der Waals surface area contributed by atoms with Crippen LogP contribution in [0.4, 0.5) is 5.69 Å². The molecule has 1 aliphatic heterocycles. The van der Waals surface area contributed by atoms with Crippen molar-refractivity contribution in [3.8, 4) is 0 Å². The fraction of sp³-hybridized carbons (Fsp3) is 0.778. The van der Waals surface area contributed by atoms with E-state index in [1.54, 1.807) is 4.31 Å². The van der Waals surface area contributed by atoms with E-state index in [4.69, 9.17) is 0 Å². The highest BCUT2D eigenvalue weighted by atomic mass is 32.2. The number of sulfonamides is 1. The second-order valence-electron chi connectivity index (χ2n) is 7.70. The van der Waals surface area contributed by atoms with Crippen LogP contribution < -0.4 is 10.2 Å². The highest BCUT2D eigenvalue weighted by molar-refractivity contribution is 7.89. The standard InChI is InChI=1S/C18H32N4O2S/c1-19-11-16-8-10-22(13-16)25(23,24)14-15-3-5-17(6-4-15)21(2)18-7-9-20-12-18/h7,9,12,15-17,19-20H,3-6,8,10-11,13-14H2,1-2H3. The molecular formula is C18H32N4O2S. The van der Waals surface area contributed by atoms with Crippen molar-refractivity contribution < 1.29 is 8.42 Å². The van der Waals surface area contributed by atoms with Gasteiger partial charge in [0.25, 0.3) is 0 Å². The van der Waals surface area contributed by atoms with E-state index in [1.807, 2.05) is 19.4 Å². The average molecular weight is 369 g/mol. The number of H-pyrrole nitrogens is 1. The van der Waals surface area contributed by atoms with E-state index >= 15 is 0 Å². The van der Waals surface area contributed by atoms with E-state index in [1.165, 1.54) is 5.69 Å². The maximum Gasteiger partial charge on any atom is 0.214 e. The lowest BCUT2D eigenvalue weighted by Crippen LogP contribution is -2.39. The van der Waals surface area contributed by atoms with Gasteiger partial charge in [-0.2, -0.15) is 0 Å². The van der Waals surface area contributed by atoms with Crippen molar-refractivity contribution in [1.29, 1.82) is 0 Å². The zero-order chi connectivity index (χ0) is 17.9. The Morgan fingerprint density at radius 2 is 2.00 bits per heavy atom. The first-order valence-corrected chi connectivity index (χ1v) is 11.1. The van der Waals surface area contributed by atoms with Crippen LogP contribution in [0.3, 0.4) is 0 Å². The van der Waals surface area contributed by atoms with Gasteiger partial charge in [0.1, 0.15) is 0 Å². The minimum atomic E-state index is -3.10. The maximum absolute atomic E-state index is 12.7. The predicted molar refractivity (Wildman–Crippen MR) is 102 cm³/mol. The van der Waals surface area contributed by atoms with Gasteiger partial charge in [0.05, 0.1) is 11.4 Å². The van der Waals surface area contributed by atoms with Crippen LogP contribution in [-0.2, 0) is 10.0 Å². The van der Waals surface area contributed by atoms with Crippen LogP contribution in [0.25, 0.3) is 0 Å². The molecule has 0 radical (unpaired) electrons. The van der Waals surface area contributed by atoms with Gasteiger partial charge in [-0.1, -0.05) is 0 Å². The number of nitrogens with one attached hydrogen (secondary N) is 2. The Labute approximate surface area is 152 Å². The molecule has 3 rings (SSSR count). The van der Waals surface area contributed by atoms with Crippen LogP contribution in [0.2, 0.25) is 0 Å². The largest absolute Gasteiger partial charge is 0.370 e. The lowest BCUT2D eigenvalue weighted by molar-refractivity contribution is 0.336. The molecule has 1 unspecified atom stereocenters. The molecule has 2 fully saturated rings. The fourth-order valence-electron chi connectivity index (χ4n) is 4.35. The lowest BCUT2D eigenvalue weighted by Gasteiger charge is -2.35. The van der Waals surface area contributed by atoms with Gasteiger partial charge in [0.2, 0.25) is 10.0 Å². The zero-order valence-electron chi connectivity index (χ0n) is 15.4. The summed E-state index contributed by atoms with van der Waals surface area (Å²) in [5, 5.41) is 3.16. The molecule has 6 nitrogen and oxygen atoms in total. The van der Waals surface area contributed by atoms with E-state index in [-0.39, 0.29) is 0 Å². The number of aromatic amines is 1. The predicted octanol–water partition coefficient (Wildman–Crippen LogP) is 1.88. The van der Waals surface area contributed by atoms with Crippen LogP contribution in [0, 0.1) is 11.8 Å². The van der Waals surface area contributed by atoms with Gasteiger partial charge >= 0.3 is 0 Å². The number of aromatic nitrogens is 1. The molecular weight excluding hydrogens is 336 g/mol. The van der Waals surface area contributed by atoms with E-state index in [2.05, 4.69) is 28.3 Å². The molecule has 1 saturated carbocycles. The molecule has 2 N–H and O–H groups in total. The van der Waals surface area contributed by atoms with Crippen LogP contribution in [-0.4, -0.2) is 63.2 Å². The molecule has 1 saturated heterocycles. The molecule has 1 aliphatic carbocycles. The normalized spacial score (nSPS) is 28.3. The second kappa shape index (κ2) is 8.10. The van der Waals surface area contributed by atoms with E-state index in [9.17, 15) is 8.42 Å². The summed E-state index contributed by atoms with van der Waals surface area (Å²) >= 11 is 0. The van der Waals surface area contributed by atoms with Gasteiger partial charge < -0.3 is 15.2 Å². The number of hydrogen-bond donors (Lipinski definition) is 2. The first kappa shape index (κ1) is 18.7. The third-order valence-corrected chi connectivity index (χ3v) is 7.94. The van der Waals surface area contributed by atoms with Crippen molar-refractivity contribution in [3.63, 3.8) is 0 Å². The van der Waals surface area contributed by atoms with E-state index in [0.29, 0.717) is 36.7 Å². The molecule has 7 heteroatoms. The van der Waals surface area contributed by atoms with Gasteiger partial charge in [0, 0.05) is 38.6 Å². The summed E-state index contributed by atoms with van der Waals surface area (Å²) in [6.07, 6.45) is 9.11. The van der Waals surface area contributed by atoms with Crippen LogP contribution in [0.1, 0.15) is 32.1 Å². The Hall–Kier alpha value is -1.05.